The average Bonchev–Trinajstić information content (AvgIpc) is 2.45. The normalized spacial score (nSPS) is 18.7. The number of carboxylic acids is 1. The topological polar surface area (TPSA) is 87.2 Å². The van der Waals surface area contributed by atoms with Crippen LogP contribution in [0, 0.1) is 0 Å². The first kappa shape index (κ1) is 16.8. The Hall–Kier alpha value is -2.57. The number of ether oxygens (including phenoxy) is 1. The number of carbonyl (C=O) groups is 3. The van der Waals surface area contributed by atoms with Crippen LogP contribution in [0.3, 0.4) is 0 Å². The van der Waals surface area contributed by atoms with Gasteiger partial charge in [0, 0.05) is 5.69 Å². The lowest BCUT2D eigenvalue weighted by Crippen LogP contribution is -2.61. The second kappa shape index (κ2) is 6.28. The minimum Gasteiger partial charge on any atom is -0.480 e. The standard InChI is InChI=1S/C16H20N2O5/c1-16(2,3)23-15(22)17-9-12(14(20)21)18(13(19)10-17)11-7-5-4-6-8-11/h4-8,12H,9-10H2,1-3H3,(H,20,21). The van der Waals surface area contributed by atoms with Crippen molar-refractivity contribution in [3.05, 3.63) is 30.3 Å². The summed E-state index contributed by atoms with van der Waals surface area (Å²) in [6, 6.07) is 7.41. The molecule has 1 N–H and O–H groups in total. The summed E-state index contributed by atoms with van der Waals surface area (Å²) in [5, 5.41) is 9.45. The first-order valence-electron chi connectivity index (χ1n) is 7.27. The minimum absolute atomic E-state index is 0.120. The molecule has 1 unspecified atom stereocenters. The van der Waals surface area contributed by atoms with Gasteiger partial charge in [-0.1, -0.05) is 18.2 Å². The van der Waals surface area contributed by atoms with Crippen LogP contribution in [0.5, 0.6) is 0 Å². The maximum absolute atomic E-state index is 12.4. The Morgan fingerprint density at radius 2 is 1.83 bits per heavy atom. The Balaban J connectivity index is 2.23. The van der Waals surface area contributed by atoms with E-state index in [1.165, 1.54) is 4.90 Å². The number of carboxylic acid groups (broad SMARTS) is 1. The molecule has 0 bridgehead atoms. The van der Waals surface area contributed by atoms with Crippen molar-refractivity contribution < 1.29 is 24.2 Å². The quantitative estimate of drug-likeness (QED) is 0.896. The third kappa shape index (κ3) is 4.00. The molecule has 1 fully saturated rings. The highest BCUT2D eigenvalue weighted by atomic mass is 16.6. The summed E-state index contributed by atoms with van der Waals surface area (Å²) in [4.78, 5) is 38.4. The lowest BCUT2D eigenvalue weighted by Gasteiger charge is -2.39. The van der Waals surface area contributed by atoms with Crippen molar-refractivity contribution >= 4 is 23.7 Å². The van der Waals surface area contributed by atoms with Gasteiger partial charge in [0.25, 0.3) is 0 Å². The minimum atomic E-state index is -1.17. The van der Waals surface area contributed by atoms with Crippen molar-refractivity contribution in [2.45, 2.75) is 32.4 Å². The van der Waals surface area contributed by atoms with E-state index >= 15 is 0 Å². The fourth-order valence-corrected chi connectivity index (χ4v) is 2.33. The molecule has 7 heteroatoms. The van der Waals surface area contributed by atoms with Gasteiger partial charge < -0.3 is 9.84 Å². The van der Waals surface area contributed by atoms with Gasteiger partial charge in [0.1, 0.15) is 12.1 Å². The monoisotopic (exact) mass is 320 g/mol. The number of amides is 2. The molecule has 2 amide bonds. The Labute approximate surface area is 134 Å². The first-order valence-corrected chi connectivity index (χ1v) is 7.27. The largest absolute Gasteiger partial charge is 0.480 e. The molecule has 1 aliphatic heterocycles. The molecule has 0 aromatic heterocycles. The van der Waals surface area contributed by atoms with Crippen LogP contribution in [0.1, 0.15) is 20.8 Å². The molecule has 1 aromatic rings. The zero-order chi connectivity index (χ0) is 17.2. The van der Waals surface area contributed by atoms with Crippen LogP contribution < -0.4 is 4.90 Å². The van der Waals surface area contributed by atoms with E-state index < -0.39 is 29.6 Å². The Kier molecular flexibility index (Phi) is 4.58. The highest BCUT2D eigenvalue weighted by Gasteiger charge is 2.40. The lowest BCUT2D eigenvalue weighted by atomic mass is 10.1. The van der Waals surface area contributed by atoms with Gasteiger partial charge in [-0.3, -0.25) is 14.6 Å². The average molecular weight is 320 g/mol. The van der Waals surface area contributed by atoms with E-state index in [9.17, 15) is 19.5 Å². The van der Waals surface area contributed by atoms with Crippen molar-refractivity contribution in [2.24, 2.45) is 0 Å². The number of hydrogen-bond acceptors (Lipinski definition) is 4. The summed E-state index contributed by atoms with van der Waals surface area (Å²) in [5.41, 5.74) is -0.219. The van der Waals surface area contributed by atoms with Crippen LogP contribution in [-0.2, 0) is 14.3 Å². The molecule has 2 rings (SSSR count). The van der Waals surface area contributed by atoms with Crippen LogP contribution in [-0.4, -0.2) is 52.7 Å². The van der Waals surface area contributed by atoms with Gasteiger partial charge in [0.05, 0.1) is 6.54 Å². The predicted octanol–water partition coefficient (Wildman–Crippen LogP) is 1.72. The van der Waals surface area contributed by atoms with Gasteiger partial charge in [-0.25, -0.2) is 9.59 Å². The van der Waals surface area contributed by atoms with Crippen LogP contribution in [0.4, 0.5) is 10.5 Å². The van der Waals surface area contributed by atoms with E-state index in [-0.39, 0.29) is 13.1 Å². The third-order valence-corrected chi connectivity index (χ3v) is 3.27. The third-order valence-electron chi connectivity index (χ3n) is 3.27. The first-order chi connectivity index (χ1) is 10.7. The van der Waals surface area contributed by atoms with E-state index in [2.05, 4.69) is 0 Å². The second-order valence-corrected chi connectivity index (χ2v) is 6.31. The van der Waals surface area contributed by atoms with Crippen molar-refractivity contribution in [3.8, 4) is 0 Å². The summed E-state index contributed by atoms with van der Waals surface area (Å²) in [6.45, 7) is 4.79. The van der Waals surface area contributed by atoms with Gasteiger partial charge in [-0.15, -0.1) is 0 Å². The number of nitrogens with zero attached hydrogens (tertiary/aromatic N) is 2. The molecule has 0 saturated carbocycles. The molecule has 1 saturated heterocycles. The summed E-state index contributed by atoms with van der Waals surface area (Å²) >= 11 is 0. The molecular weight excluding hydrogens is 300 g/mol. The maximum Gasteiger partial charge on any atom is 0.410 e. The second-order valence-electron chi connectivity index (χ2n) is 6.31. The molecule has 1 heterocycles. The number of piperazine rings is 1. The van der Waals surface area contributed by atoms with E-state index in [1.807, 2.05) is 0 Å². The predicted molar refractivity (Wildman–Crippen MR) is 83.2 cm³/mol. The van der Waals surface area contributed by atoms with Crippen LogP contribution in [0.2, 0.25) is 0 Å². The van der Waals surface area contributed by atoms with Gasteiger partial charge >= 0.3 is 12.1 Å². The fraction of sp³-hybridized carbons (Fsp3) is 0.438. The smallest absolute Gasteiger partial charge is 0.410 e. The van der Waals surface area contributed by atoms with Crippen molar-refractivity contribution in [3.63, 3.8) is 0 Å². The molecule has 0 spiro atoms. The van der Waals surface area contributed by atoms with Crippen LogP contribution in [0.25, 0.3) is 0 Å². The highest BCUT2D eigenvalue weighted by molar-refractivity contribution is 6.02. The maximum atomic E-state index is 12.4. The van der Waals surface area contributed by atoms with E-state index in [1.54, 1.807) is 51.1 Å². The number of rotatable bonds is 2. The SMILES string of the molecule is CC(C)(C)OC(=O)N1CC(=O)N(c2ccccc2)C(C(=O)O)C1. The molecule has 1 atom stereocenters. The van der Waals surface area contributed by atoms with Crippen LogP contribution >= 0.6 is 0 Å². The fourth-order valence-electron chi connectivity index (χ4n) is 2.33. The number of anilines is 1. The number of para-hydroxylation sites is 1. The zero-order valence-corrected chi connectivity index (χ0v) is 13.4. The Morgan fingerprint density at radius 3 is 2.35 bits per heavy atom. The highest BCUT2D eigenvalue weighted by Crippen LogP contribution is 2.22. The van der Waals surface area contributed by atoms with Gasteiger partial charge in [-0.2, -0.15) is 0 Å². The van der Waals surface area contributed by atoms with Crippen molar-refractivity contribution in [2.75, 3.05) is 18.0 Å². The summed E-state index contributed by atoms with van der Waals surface area (Å²) in [5.74, 6) is -1.63. The molecule has 7 nitrogen and oxygen atoms in total. The molecule has 124 valence electrons. The van der Waals surface area contributed by atoms with E-state index in [0.29, 0.717) is 5.69 Å². The number of aliphatic carboxylic acids is 1. The Bertz CT molecular complexity index is 609. The number of carbonyl (C=O) groups excluding carboxylic acids is 2. The molecular formula is C16H20N2O5. The molecule has 0 aliphatic carbocycles. The molecule has 1 aromatic carbocycles. The summed E-state index contributed by atoms with van der Waals surface area (Å²) < 4.78 is 5.22. The van der Waals surface area contributed by atoms with Gasteiger partial charge in [0.15, 0.2) is 6.04 Å². The molecule has 0 radical (unpaired) electrons. The summed E-state index contributed by atoms with van der Waals surface area (Å²) in [7, 11) is 0. The lowest BCUT2D eigenvalue weighted by molar-refractivity contribution is -0.142. The molecule has 1 aliphatic rings. The zero-order valence-electron chi connectivity index (χ0n) is 13.4. The van der Waals surface area contributed by atoms with E-state index in [0.717, 1.165) is 4.90 Å². The van der Waals surface area contributed by atoms with Gasteiger partial charge in [0.2, 0.25) is 5.91 Å². The molecule has 23 heavy (non-hydrogen) atoms. The van der Waals surface area contributed by atoms with Crippen molar-refractivity contribution in [1.82, 2.24) is 4.90 Å². The Morgan fingerprint density at radius 1 is 1.22 bits per heavy atom. The number of benzene rings is 1. The van der Waals surface area contributed by atoms with Gasteiger partial charge in [-0.05, 0) is 32.9 Å². The number of hydrogen-bond donors (Lipinski definition) is 1. The van der Waals surface area contributed by atoms with Crippen LogP contribution in [0.15, 0.2) is 30.3 Å². The van der Waals surface area contributed by atoms with Crippen molar-refractivity contribution in [1.29, 1.82) is 0 Å². The summed E-state index contributed by atoms with van der Waals surface area (Å²) in [6.07, 6.45) is -0.690. The van der Waals surface area contributed by atoms with E-state index in [4.69, 9.17) is 4.74 Å².